The zero-order valence-electron chi connectivity index (χ0n) is 18.2. The third-order valence-electron chi connectivity index (χ3n) is 5.10. The van der Waals surface area contributed by atoms with Crippen molar-refractivity contribution in [3.05, 3.63) is 89.7 Å². The van der Waals surface area contributed by atoms with E-state index in [4.69, 9.17) is 10.8 Å². The summed E-state index contributed by atoms with van der Waals surface area (Å²) in [7, 11) is -4.20. The smallest absolute Gasteiger partial charge is 0.322 e. The molecule has 0 spiro atoms. The third-order valence-corrected chi connectivity index (χ3v) is 8.02. The van der Waals surface area contributed by atoms with Crippen molar-refractivity contribution >= 4 is 45.4 Å². The summed E-state index contributed by atoms with van der Waals surface area (Å²) in [6.07, 6.45) is 3.02. The summed E-state index contributed by atoms with van der Waals surface area (Å²) < 4.78 is 27.5. The molecule has 3 heterocycles. The Hall–Kier alpha value is -3.38. The van der Waals surface area contributed by atoms with Crippen molar-refractivity contribution in [2.75, 3.05) is 11.9 Å². The third kappa shape index (κ3) is 5.65. The molecule has 1 aromatic carbocycles. The van der Waals surface area contributed by atoms with Gasteiger partial charge in [0.15, 0.2) is 9.90 Å². The topological polar surface area (TPSA) is 148 Å². The molecule has 35 heavy (non-hydrogen) atoms. The molecule has 4 aromatic rings. The maximum Gasteiger partial charge on any atom is 0.322 e. The van der Waals surface area contributed by atoms with Crippen molar-refractivity contribution in [1.82, 2.24) is 15.0 Å². The van der Waals surface area contributed by atoms with E-state index >= 15 is 0 Å². The lowest BCUT2D eigenvalue weighted by Gasteiger charge is -2.29. The summed E-state index contributed by atoms with van der Waals surface area (Å²) in [5.41, 5.74) is 8.32. The number of aromatic nitrogens is 3. The predicted octanol–water partition coefficient (Wildman–Crippen LogP) is 3.35. The van der Waals surface area contributed by atoms with E-state index in [0.29, 0.717) is 5.56 Å². The first-order valence-corrected chi connectivity index (χ1v) is 12.5. The average Bonchev–Trinajstić information content (AvgIpc) is 3.39. The summed E-state index contributed by atoms with van der Waals surface area (Å²) in [6.45, 7) is -0.376. The summed E-state index contributed by atoms with van der Waals surface area (Å²) in [5.74, 6) is -0.877. The molecule has 3 aromatic heterocycles. The van der Waals surface area contributed by atoms with E-state index in [-0.39, 0.29) is 41.9 Å². The number of nitrogens with two attached hydrogens (primary N) is 1. The van der Waals surface area contributed by atoms with Gasteiger partial charge in [0.2, 0.25) is 9.84 Å². The van der Waals surface area contributed by atoms with Crippen molar-refractivity contribution < 1.29 is 18.3 Å². The van der Waals surface area contributed by atoms with E-state index in [1.165, 1.54) is 29.7 Å². The van der Waals surface area contributed by atoms with Gasteiger partial charge in [-0.1, -0.05) is 36.4 Å². The van der Waals surface area contributed by atoms with E-state index in [2.05, 4.69) is 20.3 Å². The summed E-state index contributed by atoms with van der Waals surface area (Å²) in [6, 6.07) is 16.5. The fraction of sp³-hybridized carbons (Fsp3) is 0.130. The molecule has 182 valence electrons. The van der Waals surface area contributed by atoms with Gasteiger partial charge in [0.1, 0.15) is 17.4 Å². The highest BCUT2D eigenvalue weighted by atomic mass is 35.5. The number of anilines is 1. The lowest BCUT2D eigenvalue weighted by atomic mass is 10.0. The Balaban J connectivity index is 0.00000342. The van der Waals surface area contributed by atoms with Crippen molar-refractivity contribution in [2.24, 2.45) is 5.73 Å². The summed E-state index contributed by atoms with van der Waals surface area (Å²) in [5, 5.41) is 14.2. The molecule has 9 nitrogen and oxygen atoms in total. The quantitative estimate of drug-likeness (QED) is 0.295. The average molecular weight is 532 g/mol. The second-order valence-electron chi connectivity index (χ2n) is 7.43. The van der Waals surface area contributed by atoms with Gasteiger partial charge in [-0.25, -0.2) is 23.4 Å². The van der Waals surface area contributed by atoms with Crippen LogP contribution in [0.1, 0.15) is 11.3 Å². The number of sulfone groups is 1. The van der Waals surface area contributed by atoms with E-state index in [9.17, 15) is 13.2 Å². The first kappa shape index (κ1) is 26.2. The molecule has 0 amide bonds. The van der Waals surface area contributed by atoms with Crippen LogP contribution < -0.4 is 11.1 Å². The van der Waals surface area contributed by atoms with Gasteiger partial charge in [0.05, 0.1) is 5.69 Å². The fourth-order valence-corrected chi connectivity index (χ4v) is 5.61. The molecule has 12 heteroatoms. The van der Waals surface area contributed by atoms with Crippen molar-refractivity contribution in [3.63, 3.8) is 0 Å². The number of hydrogen-bond acceptors (Lipinski definition) is 9. The predicted molar refractivity (Wildman–Crippen MR) is 136 cm³/mol. The van der Waals surface area contributed by atoms with Crippen LogP contribution in [0.3, 0.4) is 0 Å². The van der Waals surface area contributed by atoms with Crippen LogP contribution in [0.15, 0.2) is 83.5 Å². The number of halogens is 1. The van der Waals surface area contributed by atoms with Gasteiger partial charge in [-0.3, -0.25) is 4.79 Å². The molecule has 1 atom stereocenters. The van der Waals surface area contributed by atoms with Gasteiger partial charge in [0.25, 0.3) is 0 Å². The summed E-state index contributed by atoms with van der Waals surface area (Å²) >= 11 is 1.50. The van der Waals surface area contributed by atoms with Crippen LogP contribution in [0.5, 0.6) is 0 Å². The van der Waals surface area contributed by atoms with Gasteiger partial charge >= 0.3 is 5.97 Å². The molecule has 0 aliphatic carbocycles. The Bertz CT molecular complexity index is 1390. The van der Waals surface area contributed by atoms with Crippen LogP contribution in [-0.4, -0.2) is 41.0 Å². The van der Waals surface area contributed by atoms with Crippen LogP contribution >= 0.6 is 23.7 Å². The Kier molecular flexibility index (Phi) is 8.18. The van der Waals surface area contributed by atoms with Crippen LogP contribution in [0.2, 0.25) is 0 Å². The molecule has 0 fully saturated rings. The Morgan fingerprint density at radius 2 is 1.80 bits per heavy atom. The minimum atomic E-state index is -4.20. The molecule has 1 unspecified atom stereocenters. The molecule has 0 saturated carbocycles. The van der Waals surface area contributed by atoms with Crippen LogP contribution in [0.4, 0.5) is 5.82 Å². The van der Waals surface area contributed by atoms with Crippen molar-refractivity contribution in [1.29, 1.82) is 0 Å². The standard InChI is InChI=1S/C23H21N5O4S2.ClH/c24-23(34(31,32)20-6-1-2-11-25-20,18-4-3-5-19(28-18)27-15-21(29)30)14-16-7-9-17(10-8-16)22-26-12-13-33-22;/h1-13H,14-15,24H2,(H,27,28)(H,29,30);1H. The number of carboxylic acid groups (broad SMARTS) is 1. The zero-order chi connectivity index (χ0) is 24.2. The zero-order valence-corrected chi connectivity index (χ0v) is 20.7. The van der Waals surface area contributed by atoms with Gasteiger partial charge in [-0.15, -0.1) is 23.7 Å². The molecule has 0 saturated heterocycles. The van der Waals surface area contributed by atoms with Gasteiger partial charge in [-0.2, -0.15) is 0 Å². The second-order valence-corrected chi connectivity index (χ2v) is 10.5. The SMILES string of the molecule is Cl.NC(Cc1ccc(-c2nccs2)cc1)(c1cccc(NCC(=O)O)n1)S(=O)(=O)c1ccccn1. The number of pyridine rings is 2. The van der Waals surface area contributed by atoms with Crippen molar-refractivity contribution in [3.8, 4) is 10.6 Å². The number of nitrogens with zero attached hydrogens (tertiary/aromatic N) is 3. The monoisotopic (exact) mass is 531 g/mol. The maximum atomic E-state index is 13.7. The Morgan fingerprint density at radius 1 is 1.03 bits per heavy atom. The van der Waals surface area contributed by atoms with E-state index in [1.54, 1.807) is 42.6 Å². The molecule has 4 N–H and O–H groups in total. The van der Waals surface area contributed by atoms with Gasteiger partial charge in [0, 0.05) is 29.8 Å². The number of thiazole rings is 1. The van der Waals surface area contributed by atoms with E-state index in [1.807, 2.05) is 17.5 Å². The number of nitrogens with one attached hydrogen (secondary N) is 1. The highest BCUT2D eigenvalue weighted by molar-refractivity contribution is 7.92. The molecular formula is C23H22ClN5O4S2. The minimum absolute atomic E-state index is 0. The van der Waals surface area contributed by atoms with Crippen LogP contribution in [-0.2, 0) is 25.9 Å². The lowest BCUT2D eigenvalue weighted by molar-refractivity contribution is -0.134. The molecule has 0 aliphatic heterocycles. The number of carbonyl (C=O) groups is 1. The molecule has 4 rings (SSSR count). The Labute approximate surface area is 212 Å². The first-order valence-electron chi connectivity index (χ1n) is 10.2. The molecule has 0 radical (unpaired) electrons. The second kappa shape index (κ2) is 10.9. The largest absolute Gasteiger partial charge is 0.480 e. The normalized spacial score (nSPS) is 12.8. The van der Waals surface area contributed by atoms with Crippen LogP contribution in [0.25, 0.3) is 10.6 Å². The van der Waals surface area contributed by atoms with Crippen LogP contribution in [0, 0.1) is 0 Å². The van der Waals surface area contributed by atoms with E-state index < -0.39 is 20.7 Å². The van der Waals surface area contributed by atoms with Crippen molar-refractivity contribution in [2.45, 2.75) is 16.3 Å². The number of benzene rings is 1. The number of aliphatic carboxylic acids is 1. The number of carboxylic acids is 1. The molecule has 0 aliphatic rings. The molecular weight excluding hydrogens is 510 g/mol. The number of hydrogen-bond donors (Lipinski definition) is 3. The minimum Gasteiger partial charge on any atom is -0.480 e. The highest BCUT2D eigenvalue weighted by Crippen LogP contribution is 2.34. The van der Waals surface area contributed by atoms with Gasteiger partial charge < -0.3 is 16.2 Å². The van der Waals surface area contributed by atoms with E-state index in [0.717, 1.165) is 10.6 Å². The lowest BCUT2D eigenvalue weighted by Crippen LogP contribution is -2.47. The molecule has 0 bridgehead atoms. The first-order chi connectivity index (χ1) is 16.3. The summed E-state index contributed by atoms with van der Waals surface area (Å²) in [4.78, 5) is 21.6. The number of rotatable bonds is 9. The van der Waals surface area contributed by atoms with Gasteiger partial charge in [-0.05, 0) is 29.8 Å². The maximum absolute atomic E-state index is 13.7. The Morgan fingerprint density at radius 3 is 2.43 bits per heavy atom. The highest BCUT2D eigenvalue weighted by Gasteiger charge is 2.45. The fourth-order valence-electron chi connectivity index (χ4n) is 3.39.